The highest BCUT2D eigenvalue weighted by Gasteiger charge is 2.11. The van der Waals surface area contributed by atoms with Crippen molar-refractivity contribution < 1.29 is 4.79 Å². The van der Waals surface area contributed by atoms with Crippen LogP contribution in [0.1, 0.15) is 10.4 Å². The number of carbonyl (C=O) groups excluding carboxylic acids is 1. The van der Waals surface area contributed by atoms with E-state index in [9.17, 15) is 4.79 Å². The molecule has 2 N–H and O–H groups in total. The third kappa shape index (κ3) is 3.70. The van der Waals surface area contributed by atoms with Crippen LogP contribution in [-0.4, -0.2) is 20.9 Å². The average Bonchev–Trinajstić information content (AvgIpc) is 2.73. The number of rotatable bonds is 4. The van der Waals surface area contributed by atoms with E-state index in [2.05, 4.69) is 25.8 Å². The maximum Gasteiger partial charge on any atom is 0.271 e. The van der Waals surface area contributed by atoms with E-state index in [4.69, 9.17) is 11.6 Å². The molecule has 27 heavy (non-hydrogen) atoms. The number of fused-ring (bicyclic) bond motifs is 1. The van der Waals surface area contributed by atoms with Gasteiger partial charge in [-0.3, -0.25) is 20.6 Å². The fourth-order valence-electron chi connectivity index (χ4n) is 2.65. The molecule has 0 atom stereocenters. The summed E-state index contributed by atoms with van der Waals surface area (Å²) in [4.78, 5) is 25.1. The van der Waals surface area contributed by atoms with Crippen LogP contribution in [0.15, 0.2) is 73.1 Å². The molecule has 0 spiro atoms. The summed E-state index contributed by atoms with van der Waals surface area (Å²) in [5.41, 5.74) is 8.16. The third-order valence-corrected chi connectivity index (χ3v) is 4.15. The number of anilines is 1. The molecule has 0 aliphatic rings. The molecule has 6 nitrogen and oxygen atoms in total. The smallest absolute Gasteiger partial charge is 0.267 e. The Morgan fingerprint density at radius 3 is 2.59 bits per heavy atom. The van der Waals surface area contributed by atoms with Crippen molar-refractivity contribution in [2.45, 2.75) is 0 Å². The van der Waals surface area contributed by atoms with Crippen LogP contribution in [-0.2, 0) is 0 Å². The van der Waals surface area contributed by atoms with Crippen LogP contribution < -0.4 is 10.9 Å². The Balaban J connectivity index is 1.69. The zero-order chi connectivity index (χ0) is 18.6. The topological polar surface area (TPSA) is 79.8 Å². The highest BCUT2D eigenvalue weighted by Crippen LogP contribution is 2.29. The van der Waals surface area contributed by atoms with Crippen molar-refractivity contribution >= 4 is 34.4 Å². The lowest BCUT2D eigenvalue weighted by molar-refractivity contribution is 0.0962. The first-order valence-corrected chi connectivity index (χ1v) is 8.57. The number of halogens is 1. The van der Waals surface area contributed by atoms with Gasteiger partial charge in [-0.2, -0.15) is 0 Å². The zero-order valence-electron chi connectivity index (χ0n) is 14.1. The molecule has 0 unspecified atom stereocenters. The van der Waals surface area contributed by atoms with E-state index in [0.717, 1.165) is 16.6 Å². The molecule has 132 valence electrons. The van der Waals surface area contributed by atoms with E-state index in [1.807, 2.05) is 42.5 Å². The van der Waals surface area contributed by atoms with Gasteiger partial charge in [-0.1, -0.05) is 41.9 Å². The number of pyridine rings is 1. The van der Waals surface area contributed by atoms with Gasteiger partial charge in [-0.05, 0) is 30.3 Å². The lowest BCUT2D eigenvalue weighted by Gasteiger charge is -2.11. The molecule has 1 amide bonds. The molecule has 2 heterocycles. The molecule has 4 rings (SSSR count). The van der Waals surface area contributed by atoms with Gasteiger partial charge in [0.2, 0.25) is 5.95 Å². The van der Waals surface area contributed by atoms with E-state index in [-0.39, 0.29) is 11.9 Å². The lowest BCUT2D eigenvalue weighted by Crippen LogP contribution is -2.30. The first kappa shape index (κ1) is 16.9. The number of benzene rings is 2. The summed E-state index contributed by atoms with van der Waals surface area (Å²) in [5.74, 6) is -0.0509. The molecule has 4 aromatic rings. The second-order valence-electron chi connectivity index (χ2n) is 5.74. The summed E-state index contributed by atoms with van der Waals surface area (Å²) in [6.07, 6.45) is 3.09. The fraction of sp³-hybridized carbons (Fsp3) is 0. The fourth-order valence-corrected chi connectivity index (χ4v) is 2.83. The van der Waals surface area contributed by atoms with Gasteiger partial charge < -0.3 is 0 Å². The van der Waals surface area contributed by atoms with Crippen molar-refractivity contribution in [1.82, 2.24) is 20.4 Å². The van der Waals surface area contributed by atoms with E-state index < -0.39 is 0 Å². The zero-order valence-corrected chi connectivity index (χ0v) is 14.8. The number of nitrogens with zero attached hydrogens (tertiary/aromatic N) is 3. The minimum Gasteiger partial charge on any atom is -0.267 e. The second-order valence-corrected chi connectivity index (χ2v) is 6.18. The van der Waals surface area contributed by atoms with Crippen molar-refractivity contribution in [2.75, 3.05) is 5.43 Å². The maximum atomic E-state index is 12.2. The number of hydrogen-bond donors (Lipinski definition) is 2. The predicted octanol–water partition coefficient (Wildman–Crippen LogP) is 4.10. The van der Waals surface area contributed by atoms with Crippen molar-refractivity contribution in [1.29, 1.82) is 0 Å². The van der Waals surface area contributed by atoms with E-state index in [0.29, 0.717) is 16.1 Å². The van der Waals surface area contributed by atoms with Crippen molar-refractivity contribution in [3.05, 3.63) is 83.6 Å². The molecule has 0 aliphatic heterocycles. The number of amides is 1. The number of aromatic nitrogens is 3. The summed E-state index contributed by atoms with van der Waals surface area (Å²) in [6, 6.07) is 18.5. The first-order valence-electron chi connectivity index (χ1n) is 8.20. The molecule has 0 radical (unpaired) electrons. The van der Waals surface area contributed by atoms with Crippen LogP contribution in [0.2, 0.25) is 5.02 Å². The number of hydrazine groups is 1. The van der Waals surface area contributed by atoms with Crippen LogP contribution in [0.3, 0.4) is 0 Å². The average molecular weight is 376 g/mol. The van der Waals surface area contributed by atoms with Crippen LogP contribution in [0.5, 0.6) is 0 Å². The van der Waals surface area contributed by atoms with Crippen LogP contribution in [0, 0.1) is 0 Å². The molecule has 0 aliphatic carbocycles. The molecule has 2 aromatic carbocycles. The highest BCUT2D eigenvalue weighted by molar-refractivity contribution is 6.31. The van der Waals surface area contributed by atoms with Crippen LogP contribution in [0.25, 0.3) is 22.2 Å². The standard InChI is InChI=1S/C20H14ClN5O/c21-15-8-9-17-16(11-15)18(13-5-2-1-3-6-13)24-20(23-17)26-25-19(27)14-7-4-10-22-12-14/h1-12H,(H,25,27)(H,23,24,26). The second kappa shape index (κ2) is 7.39. The van der Waals surface area contributed by atoms with Crippen molar-refractivity contribution in [3.8, 4) is 11.3 Å². The van der Waals surface area contributed by atoms with Crippen molar-refractivity contribution in [2.24, 2.45) is 0 Å². The van der Waals surface area contributed by atoms with Gasteiger partial charge in [-0.15, -0.1) is 0 Å². The monoisotopic (exact) mass is 375 g/mol. The number of hydrogen-bond acceptors (Lipinski definition) is 5. The minimum atomic E-state index is -0.329. The minimum absolute atomic E-state index is 0.279. The van der Waals surface area contributed by atoms with Gasteiger partial charge in [0.1, 0.15) is 0 Å². The normalized spacial score (nSPS) is 10.6. The summed E-state index contributed by atoms with van der Waals surface area (Å²) >= 11 is 6.15. The molecule has 0 fully saturated rings. The summed E-state index contributed by atoms with van der Waals surface area (Å²) in [5, 5.41) is 1.44. The van der Waals surface area contributed by atoms with Gasteiger partial charge in [0, 0.05) is 28.4 Å². The largest absolute Gasteiger partial charge is 0.271 e. The van der Waals surface area contributed by atoms with Crippen molar-refractivity contribution in [3.63, 3.8) is 0 Å². The Morgan fingerprint density at radius 1 is 0.963 bits per heavy atom. The van der Waals surface area contributed by atoms with E-state index in [1.54, 1.807) is 24.4 Å². The Kier molecular flexibility index (Phi) is 4.63. The van der Waals surface area contributed by atoms with Gasteiger partial charge >= 0.3 is 0 Å². The summed E-state index contributed by atoms with van der Waals surface area (Å²) < 4.78 is 0. The Bertz CT molecular complexity index is 1100. The number of nitrogens with one attached hydrogen (secondary N) is 2. The van der Waals surface area contributed by atoms with E-state index >= 15 is 0 Å². The highest BCUT2D eigenvalue weighted by atomic mass is 35.5. The maximum absolute atomic E-state index is 12.2. The summed E-state index contributed by atoms with van der Waals surface area (Å²) in [7, 11) is 0. The molecule has 0 saturated carbocycles. The third-order valence-electron chi connectivity index (χ3n) is 3.92. The molecule has 2 aromatic heterocycles. The summed E-state index contributed by atoms with van der Waals surface area (Å²) in [6.45, 7) is 0. The molecule has 7 heteroatoms. The molecular weight excluding hydrogens is 362 g/mol. The van der Waals surface area contributed by atoms with Gasteiger partial charge in [0.05, 0.1) is 16.8 Å². The number of carbonyl (C=O) groups is 1. The van der Waals surface area contributed by atoms with E-state index in [1.165, 1.54) is 6.20 Å². The predicted molar refractivity (Wildman–Crippen MR) is 105 cm³/mol. The molecule has 0 saturated heterocycles. The SMILES string of the molecule is O=C(NNc1nc(-c2ccccc2)c2cc(Cl)ccc2n1)c1cccnc1. The van der Waals surface area contributed by atoms with Crippen LogP contribution in [0.4, 0.5) is 5.95 Å². The van der Waals surface area contributed by atoms with Gasteiger partial charge in [-0.25, -0.2) is 9.97 Å². The molecular formula is C20H14ClN5O. The Labute approximate surface area is 160 Å². The quantitative estimate of drug-likeness (QED) is 0.525. The van der Waals surface area contributed by atoms with Gasteiger partial charge in [0.25, 0.3) is 5.91 Å². The van der Waals surface area contributed by atoms with Crippen LogP contribution >= 0.6 is 11.6 Å². The van der Waals surface area contributed by atoms with Gasteiger partial charge in [0.15, 0.2) is 0 Å². The Morgan fingerprint density at radius 2 is 1.81 bits per heavy atom. The first-order chi connectivity index (χ1) is 13.2. The Hall–Kier alpha value is -3.51. The lowest BCUT2D eigenvalue weighted by atomic mass is 10.1. The molecule has 0 bridgehead atoms.